The first-order valence-electron chi connectivity index (χ1n) is 4.92. The fourth-order valence-electron chi connectivity index (χ4n) is 1.28. The van der Waals surface area contributed by atoms with Crippen LogP contribution in [0.15, 0.2) is 40.3 Å². The molecule has 0 amide bonds. The van der Waals surface area contributed by atoms with Gasteiger partial charge in [0.25, 0.3) is 0 Å². The highest BCUT2D eigenvalue weighted by atomic mass is 32.2. The molecular weight excluding hydrogens is 242 g/mol. The van der Waals surface area contributed by atoms with E-state index >= 15 is 0 Å². The maximum absolute atomic E-state index is 13.4. The van der Waals surface area contributed by atoms with Crippen molar-refractivity contribution >= 4 is 17.4 Å². The van der Waals surface area contributed by atoms with Crippen molar-refractivity contribution in [1.82, 2.24) is 4.98 Å². The van der Waals surface area contributed by atoms with Crippen molar-refractivity contribution in [2.75, 3.05) is 5.73 Å². The number of nitrogens with two attached hydrogens (primary N) is 1. The Hall–Kier alpha value is -1.62. The molecule has 0 bridgehead atoms. The lowest BCUT2D eigenvalue weighted by atomic mass is 10.3. The van der Waals surface area contributed by atoms with Gasteiger partial charge < -0.3 is 5.73 Å². The number of hydrogen-bond acceptors (Lipinski definition) is 3. The highest BCUT2D eigenvalue weighted by molar-refractivity contribution is 7.99. The van der Waals surface area contributed by atoms with Crippen LogP contribution in [0.2, 0.25) is 0 Å². The molecule has 0 saturated carbocycles. The maximum atomic E-state index is 13.4. The predicted molar refractivity (Wildman–Crippen MR) is 63.9 cm³/mol. The van der Waals surface area contributed by atoms with Crippen molar-refractivity contribution in [1.29, 1.82) is 0 Å². The second kappa shape index (κ2) is 4.71. The van der Waals surface area contributed by atoms with Crippen LogP contribution < -0.4 is 5.73 Å². The van der Waals surface area contributed by atoms with E-state index in [-0.39, 0.29) is 4.90 Å². The van der Waals surface area contributed by atoms with Crippen LogP contribution in [0.25, 0.3) is 0 Å². The third-order valence-electron chi connectivity index (χ3n) is 2.13. The predicted octanol–water partition coefficient (Wildman–Crippen LogP) is 3.40. The SMILES string of the molecule is Cc1ccc(N)c(Sc2cc(F)ccc2F)n1. The molecule has 5 heteroatoms. The third-order valence-corrected chi connectivity index (χ3v) is 3.18. The molecule has 0 fully saturated rings. The van der Waals surface area contributed by atoms with Gasteiger partial charge in [-0.2, -0.15) is 0 Å². The Bertz CT molecular complexity index is 509. The number of aromatic nitrogens is 1. The minimum atomic E-state index is -0.487. The number of hydrogen-bond donors (Lipinski definition) is 1. The molecule has 0 unspecified atom stereocenters. The normalized spacial score (nSPS) is 10.5. The summed E-state index contributed by atoms with van der Waals surface area (Å²) in [4.78, 5) is 4.36. The summed E-state index contributed by atoms with van der Waals surface area (Å²) in [5, 5.41) is 0.481. The Balaban J connectivity index is 2.37. The fourth-order valence-corrected chi connectivity index (χ4v) is 2.21. The Morgan fingerprint density at radius 3 is 2.71 bits per heavy atom. The quantitative estimate of drug-likeness (QED) is 0.890. The van der Waals surface area contributed by atoms with Gasteiger partial charge in [0.15, 0.2) is 0 Å². The first-order chi connectivity index (χ1) is 8.06. The summed E-state index contributed by atoms with van der Waals surface area (Å²) in [5.74, 6) is -0.973. The topological polar surface area (TPSA) is 38.9 Å². The number of pyridine rings is 1. The van der Waals surface area contributed by atoms with Gasteiger partial charge in [-0.1, -0.05) is 11.8 Å². The molecule has 0 aliphatic heterocycles. The molecule has 2 N–H and O–H groups in total. The Morgan fingerprint density at radius 1 is 1.18 bits per heavy atom. The zero-order valence-corrected chi connectivity index (χ0v) is 9.89. The summed E-state index contributed by atoms with van der Waals surface area (Å²) < 4.78 is 26.4. The smallest absolute Gasteiger partial charge is 0.137 e. The number of nitrogen functional groups attached to an aromatic ring is 1. The molecule has 0 aliphatic carbocycles. The monoisotopic (exact) mass is 252 g/mol. The van der Waals surface area contributed by atoms with E-state index in [1.54, 1.807) is 12.1 Å². The van der Waals surface area contributed by atoms with Gasteiger partial charge in [-0.3, -0.25) is 0 Å². The summed E-state index contributed by atoms with van der Waals surface area (Å²) >= 11 is 1.02. The summed E-state index contributed by atoms with van der Waals surface area (Å²) in [6, 6.07) is 6.75. The van der Waals surface area contributed by atoms with E-state index in [1.165, 1.54) is 0 Å². The highest BCUT2D eigenvalue weighted by Gasteiger charge is 2.09. The van der Waals surface area contributed by atoms with Crippen molar-refractivity contribution in [3.63, 3.8) is 0 Å². The molecule has 2 rings (SSSR count). The number of rotatable bonds is 2. The molecule has 2 aromatic rings. The van der Waals surface area contributed by atoms with E-state index in [1.807, 2.05) is 6.92 Å². The number of benzene rings is 1. The van der Waals surface area contributed by atoms with Crippen LogP contribution in [0.1, 0.15) is 5.69 Å². The third kappa shape index (κ3) is 2.74. The minimum absolute atomic E-state index is 0.176. The Labute approximate surface area is 102 Å². The van der Waals surface area contributed by atoms with E-state index in [0.29, 0.717) is 10.7 Å². The molecule has 88 valence electrons. The summed E-state index contributed by atoms with van der Waals surface area (Å²) in [6.07, 6.45) is 0. The van der Waals surface area contributed by atoms with E-state index in [9.17, 15) is 8.78 Å². The zero-order chi connectivity index (χ0) is 12.4. The first-order valence-corrected chi connectivity index (χ1v) is 5.74. The summed E-state index contributed by atoms with van der Waals surface area (Å²) in [6.45, 7) is 1.81. The van der Waals surface area contributed by atoms with Gasteiger partial charge in [-0.05, 0) is 37.3 Å². The van der Waals surface area contributed by atoms with E-state index in [2.05, 4.69) is 4.98 Å². The van der Waals surface area contributed by atoms with Gasteiger partial charge in [0.1, 0.15) is 16.7 Å². The zero-order valence-electron chi connectivity index (χ0n) is 9.08. The molecular formula is C12H10F2N2S. The molecule has 2 nitrogen and oxygen atoms in total. The molecule has 1 aromatic heterocycles. The van der Waals surface area contributed by atoms with Gasteiger partial charge in [0.2, 0.25) is 0 Å². The van der Waals surface area contributed by atoms with Crippen molar-refractivity contribution in [2.45, 2.75) is 16.8 Å². The van der Waals surface area contributed by atoms with E-state index in [0.717, 1.165) is 35.7 Å². The van der Waals surface area contributed by atoms with Crippen LogP contribution >= 0.6 is 11.8 Å². The lowest BCUT2D eigenvalue weighted by Gasteiger charge is -2.06. The van der Waals surface area contributed by atoms with Crippen molar-refractivity contribution in [3.8, 4) is 0 Å². The molecule has 0 radical (unpaired) electrons. The van der Waals surface area contributed by atoms with Crippen molar-refractivity contribution < 1.29 is 8.78 Å². The maximum Gasteiger partial charge on any atom is 0.137 e. The summed E-state index contributed by atoms with van der Waals surface area (Å²) in [5.41, 5.74) is 6.95. The Kier molecular flexibility index (Phi) is 3.28. The Morgan fingerprint density at radius 2 is 1.94 bits per heavy atom. The van der Waals surface area contributed by atoms with Crippen LogP contribution in [-0.4, -0.2) is 4.98 Å². The van der Waals surface area contributed by atoms with Crippen LogP contribution in [0, 0.1) is 18.6 Å². The first kappa shape index (κ1) is 11.9. The molecule has 1 heterocycles. The summed E-state index contributed by atoms with van der Waals surface area (Å²) in [7, 11) is 0. The van der Waals surface area contributed by atoms with Crippen LogP contribution in [0.5, 0.6) is 0 Å². The number of aryl methyl sites for hydroxylation is 1. The average Bonchev–Trinajstić information content (AvgIpc) is 2.28. The largest absolute Gasteiger partial charge is 0.397 e. The van der Waals surface area contributed by atoms with E-state index < -0.39 is 11.6 Å². The molecule has 0 aliphatic rings. The van der Waals surface area contributed by atoms with Crippen LogP contribution in [-0.2, 0) is 0 Å². The van der Waals surface area contributed by atoms with Crippen molar-refractivity contribution in [2.24, 2.45) is 0 Å². The average molecular weight is 252 g/mol. The second-order valence-electron chi connectivity index (χ2n) is 3.52. The van der Waals surface area contributed by atoms with Gasteiger partial charge in [-0.15, -0.1) is 0 Å². The highest BCUT2D eigenvalue weighted by Crippen LogP contribution is 2.32. The molecule has 0 saturated heterocycles. The van der Waals surface area contributed by atoms with Gasteiger partial charge in [0.05, 0.1) is 10.6 Å². The molecule has 1 aromatic carbocycles. The lowest BCUT2D eigenvalue weighted by Crippen LogP contribution is -1.94. The van der Waals surface area contributed by atoms with Crippen LogP contribution in [0.4, 0.5) is 14.5 Å². The van der Waals surface area contributed by atoms with E-state index in [4.69, 9.17) is 5.73 Å². The molecule has 17 heavy (non-hydrogen) atoms. The second-order valence-corrected chi connectivity index (χ2v) is 4.55. The van der Waals surface area contributed by atoms with Crippen LogP contribution in [0.3, 0.4) is 0 Å². The standard InChI is InChI=1S/C12H10F2N2S/c1-7-2-5-10(15)12(16-7)17-11-6-8(13)3-4-9(11)14/h2-6H,15H2,1H3. The van der Waals surface area contributed by atoms with Gasteiger partial charge in [-0.25, -0.2) is 13.8 Å². The lowest BCUT2D eigenvalue weighted by molar-refractivity contribution is 0.577. The fraction of sp³-hybridized carbons (Fsp3) is 0.0833. The number of halogens is 2. The van der Waals surface area contributed by atoms with Crippen molar-refractivity contribution in [3.05, 3.63) is 47.7 Å². The number of anilines is 1. The molecule has 0 spiro atoms. The van der Waals surface area contributed by atoms with Gasteiger partial charge in [0, 0.05) is 5.69 Å². The minimum Gasteiger partial charge on any atom is -0.397 e. The number of nitrogens with zero attached hydrogens (tertiary/aromatic N) is 1. The molecule has 0 atom stereocenters. The van der Waals surface area contributed by atoms with Gasteiger partial charge >= 0.3 is 0 Å².